The van der Waals surface area contributed by atoms with Crippen LogP contribution in [0.15, 0.2) is 18.7 Å². The highest BCUT2D eigenvalue weighted by Crippen LogP contribution is 2.10. The average molecular weight is 264 g/mol. The molecule has 0 atom stereocenters. The molecule has 8 nitrogen and oxygen atoms in total. The molecule has 2 aromatic rings. The molecule has 0 radical (unpaired) electrons. The van der Waals surface area contributed by atoms with Gasteiger partial charge in [-0.1, -0.05) is 6.92 Å². The molecule has 8 heteroatoms. The number of aliphatic hydroxyl groups is 1. The van der Waals surface area contributed by atoms with E-state index in [0.29, 0.717) is 11.9 Å². The fourth-order valence-corrected chi connectivity index (χ4v) is 1.36. The fourth-order valence-electron chi connectivity index (χ4n) is 1.36. The maximum atomic E-state index is 8.76. The molecule has 2 rings (SSSR count). The molecule has 0 saturated carbocycles. The van der Waals surface area contributed by atoms with Crippen LogP contribution in [0, 0.1) is 0 Å². The van der Waals surface area contributed by atoms with Crippen LogP contribution in [0.3, 0.4) is 0 Å². The Kier molecular flexibility index (Phi) is 4.62. The van der Waals surface area contributed by atoms with Crippen LogP contribution in [0.1, 0.15) is 13.3 Å². The number of nitrogens with one attached hydrogen (secondary N) is 1. The minimum absolute atomic E-state index is 0.0934. The minimum atomic E-state index is -0.0934. The van der Waals surface area contributed by atoms with Crippen LogP contribution in [0.5, 0.6) is 6.01 Å². The van der Waals surface area contributed by atoms with E-state index in [4.69, 9.17) is 9.84 Å². The minimum Gasteiger partial charge on any atom is -0.461 e. The molecule has 2 aromatic heterocycles. The summed E-state index contributed by atoms with van der Waals surface area (Å²) in [6.45, 7) is 2.85. The van der Waals surface area contributed by atoms with Crippen molar-refractivity contribution in [3.8, 4) is 12.0 Å². The highest BCUT2D eigenvalue weighted by molar-refractivity contribution is 5.30. The lowest BCUT2D eigenvalue weighted by Crippen LogP contribution is -2.12. The Morgan fingerprint density at radius 3 is 2.95 bits per heavy atom. The number of ether oxygens (including phenoxy) is 1. The summed E-state index contributed by atoms with van der Waals surface area (Å²) < 4.78 is 6.89. The lowest BCUT2D eigenvalue weighted by molar-refractivity contribution is 0.191. The van der Waals surface area contributed by atoms with Gasteiger partial charge >= 0.3 is 6.01 Å². The van der Waals surface area contributed by atoms with Crippen LogP contribution < -0.4 is 10.1 Å². The summed E-state index contributed by atoms with van der Waals surface area (Å²) in [7, 11) is 0. The molecular formula is C11H16N6O2. The van der Waals surface area contributed by atoms with Crippen LogP contribution in [0.2, 0.25) is 0 Å². The number of rotatable bonds is 7. The molecule has 0 aliphatic rings. The molecular weight excluding hydrogens is 248 g/mol. The summed E-state index contributed by atoms with van der Waals surface area (Å²) >= 11 is 0. The summed E-state index contributed by atoms with van der Waals surface area (Å²) in [5.74, 6) is 0.854. The zero-order chi connectivity index (χ0) is 13.5. The molecule has 19 heavy (non-hydrogen) atoms. The van der Waals surface area contributed by atoms with Crippen molar-refractivity contribution in [3.63, 3.8) is 0 Å². The first-order valence-corrected chi connectivity index (χ1v) is 6.05. The van der Waals surface area contributed by atoms with Gasteiger partial charge < -0.3 is 15.2 Å². The van der Waals surface area contributed by atoms with Gasteiger partial charge in [0.2, 0.25) is 11.9 Å². The van der Waals surface area contributed by atoms with E-state index in [2.05, 4.69) is 25.3 Å². The summed E-state index contributed by atoms with van der Waals surface area (Å²) in [4.78, 5) is 16.5. The average Bonchev–Trinajstić information content (AvgIpc) is 2.97. The van der Waals surface area contributed by atoms with Crippen molar-refractivity contribution in [3.05, 3.63) is 18.7 Å². The fraction of sp³-hybridized carbons (Fsp3) is 0.455. The summed E-state index contributed by atoms with van der Waals surface area (Å²) in [5.41, 5.74) is 0. The normalized spacial score (nSPS) is 10.4. The van der Waals surface area contributed by atoms with Gasteiger partial charge in [0.1, 0.15) is 12.9 Å². The lowest BCUT2D eigenvalue weighted by atomic mass is 10.5. The third-order valence-corrected chi connectivity index (χ3v) is 2.19. The molecule has 0 aromatic carbocycles. The van der Waals surface area contributed by atoms with Gasteiger partial charge in [-0.3, -0.25) is 4.57 Å². The number of anilines is 1. The van der Waals surface area contributed by atoms with Crippen LogP contribution in [-0.4, -0.2) is 49.4 Å². The Labute approximate surface area is 110 Å². The number of aliphatic hydroxyl groups excluding tert-OH is 1. The Bertz CT molecular complexity index is 476. The van der Waals surface area contributed by atoms with Crippen molar-refractivity contribution in [2.75, 3.05) is 25.1 Å². The third-order valence-electron chi connectivity index (χ3n) is 2.19. The molecule has 0 amide bonds. The molecule has 0 spiro atoms. The van der Waals surface area contributed by atoms with Crippen molar-refractivity contribution in [1.29, 1.82) is 0 Å². The Balaban J connectivity index is 2.25. The van der Waals surface area contributed by atoms with Gasteiger partial charge in [-0.2, -0.15) is 15.0 Å². The number of hydrogen-bond donors (Lipinski definition) is 2. The smallest absolute Gasteiger partial charge is 0.323 e. The maximum absolute atomic E-state index is 8.76. The number of aromatic nitrogens is 5. The van der Waals surface area contributed by atoms with E-state index in [9.17, 15) is 0 Å². The third kappa shape index (κ3) is 3.62. The predicted octanol–water partition coefficient (Wildman–Crippen LogP) is 0.250. The molecule has 2 N–H and O–H groups in total. The number of hydrogen-bond acceptors (Lipinski definition) is 7. The van der Waals surface area contributed by atoms with Crippen molar-refractivity contribution < 1.29 is 9.84 Å². The van der Waals surface area contributed by atoms with E-state index in [1.54, 1.807) is 23.3 Å². The quantitative estimate of drug-likeness (QED) is 0.739. The molecule has 102 valence electrons. The first-order valence-electron chi connectivity index (χ1n) is 6.05. The Morgan fingerprint density at radius 2 is 2.26 bits per heavy atom. The van der Waals surface area contributed by atoms with Gasteiger partial charge in [0.15, 0.2) is 0 Å². The zero-order valence-electron chi connectivity index (χ0n) is 10.7. The summed E-state index contributed by atoms with van der Waals surface area (Å²) in [6, 6.07) is 0.173. The number of imidazole rings is 1. The first-order chi connectivity index (χ1) is 9.33. The van der Waals surface area contributed by atoms with Crippen molar-refractivity contribution in [2.24, 2.45) is 0 Å². The van der Waals surface area contributed by atoms with Crippen molar-refractivity contribution in [1.82, 2.24) is 24.5 Å². The second kappa shape index (κ2) is 6.64. The lowest BCUT2D eigenvalue weighted by Gasteiger charge is -2.08. The van der Waals surface area contributed by atoms with Crippen LogP contribution >= 0.6 is 0 Å². The highest BCUT2D eigenvalue weighted by atomic mass is 16.5. The Morgan fingerprint density at radius 1 is 1.37 bits per heavy atom. The second-order valence-corrected chi connectivity index (χ2v) is 3.71. The maximum Gasteiger partial charge on any atom is 0.323 e. The molecule has 0 aliphatic heterocycles. The standard InChI is InChI=1S/C11H16N6O2/c1-2-3-13-9-14-10(17-5-4-12-8-17)16-11(15-9)19-7-6-18/h4-5,8,18H,2-3,6-7H2,1H3,(H,13,14,15,16). The second-order valence-electron chi connectivity index (χ2n) is 3.71. The highest BCUT2D eigenvalue weighted by Gasteiger charge is 2.08. The summed E-state index contributed by atoms with van der Waals surface area (Å²) in [6.07, 6.45) is 5.92. The molecule has 0 unspecified atom stereocenters. The topological polar surface area (TPSA) is 98.0 Å². The van der Waals surface area contributed by atoms with Crippen LogP contribution in [0.4, 0.5) is 5.95 Å². The van der Waals surface area contributed by atoms with E-state index in [-0.39, 0.29) is 19.2 Å². The molecule has 0 fully saturated rings. The van der Waals surface area contributed by atoms with Gasteiger partial charge in [-0.15, -0.1) is 0 Å². The molecule has 0 bridgehead atoms. The van der Waals surface area contributed by atoms with E-state index >= 15 is 0 Å². The number of nitrogens with zero attached hydrogens (tertiary/aromatic N) is 5. The molecule has 2 heterocycles. The largest absolute Gasteiger partial charge is 0.461 e. The SMILES string of the molecule is CCCNc1nc(OCCO)nc(-n2ccnc2)n1. The summed E-state index contributed by atoms with van der Waals surface area (Å²) in [5, 5.41) is 11.8. The van der Waals surface area contributed by atoms with Gasteiger partial charge in [0.05, 0.1) is 6.61 Å². The van der Waals surface area contributed by atoms with E-state index < -0.39 is 0 Å². The first kappa shape index (κ1) is 13.2. The zero-order valence-corrected chi connectivity index (χ0v) is 10.7. The van der Waals surface area contributed by atoms with Gasteiger partial charge in [-0.25, -0.2) is 4.98 Å². The van der Waals surface area contributed by atoms with Gasteiger partial charge in [0.25, 0.3) is 0 Å². The van der Waals surface area contributed by atoms with Gasteiger partial charge in [-0.05, 0) is 6.42 Å². The molecule has 0 saturated heterocycles. The molecule has 0 aliphatic carbocycles. The van der Waals surface area contributed by atoms with Crippen LogP contribution in [-0.2, 0) is 0 Å². The van der Waals surface area contributed by atoms with Gasteiger partial charge in [0, 0.05) is 18.9 Å². The van der Waals surface area contributed by atoms with Crippen LogP contribution in [0.25, 0.3) is 5.95 Å². The predicted molar refractivity (Wildman–Crippen MR) is 68.3 cm³/mol. The van der Waals surface area contributed by atoms with Crippen molar-refractivity contribution in [2.45, 2.75) is 13.3 Å². The van der Waals surface area contributed by atoms with E-state index in [1.165, 1.54) is 0 Å². The van der Waals surface area contributed by atoms with E-state index in [0.717, 1.165) is 13.0 Å². The monoisotopic (exact) mass is 264 g/mol. The van der Waals surface area contributed by atoms with Crippen molar-refractivity contribution >= 4 is 5.95 Å². The van der Waals surface area contributed by atoms with E-state index in [1.807, 2.05) is 6.92 Å². The Hall–Kier alpha value is -2.22.